The summed E-state index contributed by atoms with van der Waals surface area (Å²) in [6.07, 6.45) is 5.31. The highest BCUT2D eigenvalue weighted by Crippen LogP contribution is 2.38. The van der Waals surface area contributed by atoms with Crippen LogP contribution in [-0.2, 0) is 16.0 Å². The molecule has 0 N–H and O–H groups in total. The van der Waals surface area contributed by atoms with Gasteiger partial charge >= 0.3 is 0 Å². The van der Waals surface area contributed by atoms with Gasteiger partial charge in [0.1, 0.15) is 11.6 Å². The number of carbonyl (C=O) groups excluding carboxylic acids is 1. The molecule has 1 atom stereocenters. The van der Waals surface area contributed by atoms with Crippen molar-refractivity contribution in [2.45, 2.75) is 38.2 Å². The molecule has 0 aliphatic carbocycles. The van der Waals surface area contributed by atoms with E-state index in [2.05, 4.69) is 47.5 Å². The van der Waals surface area contributed by atoms with E-state index in [1.165, 1.54) is 0 Å². The minimum absolute atomic E-state index is 0.0900. The molecule has 3 heterocycles. The summed E-state index contributed by atoms with van der Waals surface area (Å²) >= 11 is 0. The van der Waals surface area contributed by atoms with Crippen LogP contribution in [0, 0.1) is 16.7 Å². The smallest absolute Gasteiger partial charge is 0.251 e. The third-order valence-corrected chi connectivity index (χ3v) is 7.21. The summed E-state index contributed by atoms with van der Waals surface area (Å²) in [5, 5.41) is 11.1. The van der Waals surface area contributed by atoms with Crippen LogP contribution < -0.4 is 4.74 Å². The quantitative estimate of drug-likeness (QED) is 0.554. The van der Waals surface area contributed by atoms with Crippen LogP contribution in [0.4, 0.5) is 0 Å². The summed E-state index contributed by atoms with van der Waals surface area (Å²) in [5.41, 5.74) is 3.58. The second-order valence-corrected chi connectivity index (χ2v) is 9.31. The lowest BCUT2D eigenvalue weighted by Crippen LogP contribution is -2.47. The average molecular weight is 456 g/mol. The fourth-order valence-corrected chi connectivity index (χ4v) is 5.20. The van der Waals surface area contributed by atoms with Gasteiger partial charge in [-0.05, 0) is 55.4 Å². The highest BCUT2D eigenvalue weighted by atomic mass is 16.5. The van der Waals surface area contributed by atoms with Gasteiger partial charge in [-0.1, -0.05) is 36.4 Å². The minimum atomic E-state index is -0.445. The van der Waals surface area contributed by atoms with Gasteiger partial charge in [0, 0.05) is 36.8 Å². The van der Waals surface area contributed by atoms with Crippen molar-refractivity contribution in [3.8, 4) is 22.9 Å². The Morgan fingerprint density at radius 2 is 2.00 bits per heavy atom. The molecule has 0 saturated carbocycles. The van der Waals surface area contributed by atoms with Crippen LogP contribution in [-0.4, -0.2) is 48.7 Å². The summed E-state index contributed by atoms with van der Waals surface area (Å²) in [6, 6.07) is 19.0. The average Bonchev–Trinajstić information content (AvgIpc) is 3.44. The van der Waals surface area contributed by atoms with Gasteiger partial charge in [-0.3, -0.25) is 9.78 Å². The number of methoxy groups -OCH3 is 1. The summed E-state index contributed by atoms with van der Waals surface area (Å²) < 4.78 is 11.3. The molecule has 0 radical (unpaired) electrons. The molecule has 34 heavy (non-hydrogen) atoms. The van der Waals surface area contributed by atoms with Gasteiger partial charge in [-0.15, -0.1) is 0 Å². The Morgan fingerprint density at radius 1 is 1.21 bits per heavy atom. The van der Waals surface area contributed by atoms with Gasteiger partial charge in [0.2, 0.25) is 0 Å². The lowest BCUT2D eigenvalue weighted by atomic mass is 9.75. The largest absolute Gasteiger partial charge is 0.494 e. The molecule has 3 aromatic rings. The Bertz CT molecular complexity index is 1220. The van der Waals surface area contributed by atoms with Gasteiger partial charge in [0.15, 0.2) is 5.75 Å². The molecule has 2 fully saturated rings. The minimum Gasteiger partial charge on any atom is -0.494 e. The Morgan fingerprint density at radius 3 is 2.68 bits per heavy atom. The summed E-state index contributed by atoms with van der Waals surface area (Å²) in [6.45, 7) is 1.90. The Balaban J connectivity index is 1.30. The number of pyridine rings is 1. The number of hydrogen-bond acceptors (Lipinski definition) is 5. The highest BCUT2D eigenvalue weighted by molar-refractivity contribution is 5.92. The van der Waals surface area contributed by atoms with Crippen molar-refractivity contribution in [3.05, 3.63) is 60.3 Å². The molecule has 6 heteroatoms. The second kappa shape index (κ2) is 9.44. The number of amides is 1. The van der Waals surface area contributed by atoms with Crippen LogP contribution >= 0.6 is 0 Å². The molecule has 174 valence electrons. The highest BCUT2D eigenvalue weighted by Gasteiger charge is 2.38. The summed E-state index contributed by atoms with van der Waals surface area (Å²) in [4.78, 5) is 19.1. The molecule has 2 saturated heterocycles. The summed E-state index contributed by atoms with van der Waals surface area (Å²) in [7, 11) is 1.67. The van der Waals surface area contributed by atoms with E-state index in [4.69, 9.17) is 9.47 Å². The van der Waals surface area contributed by atoms with Crippen LogP contribution in [0.2, 0.25) is 0 Å². The maximum Gasteiger partial charge on any atom is 0.251 e. The molecule has 6 nitrogen and oxygen atoms in total. The van der Waals surface area contributed by atoms with Gasteiger partial charge in [0.25, 0.3) is 5.91 Å². The molecule has 2 aromatic carbocycles. The monoisotopic (exact) mass is 455 g/mol. The first-order valence-corrected chi connectivity index (χ1v) is 12.0. The van der Waals surface area contributed by atoms with Crippen LogP contribution in [0.25, 0.3) is 22.0 Å². The van der Waals surface area contributed by atoms with E-state index >= 15 is 0 Å². The van der Waals surface area contributed by atoms with Gasteiger partial charge < -0.3 is 14.4 Å². The first kappa shape index (κ1) is 22.4. The lowest BCUT2D eigenvalue weighted by Gasteiger charge is -2.38. The van der Waals surface area contributed by atoms with Gasteiger partial charge in [-0.2, -0.15) is 5.26 Å². The molecule has 0 spiro atoms. The fourth-order valence-electron chi connectivity index (χ4n) is 5.20. The van der Waals surface area contributed by atoms with E-state index in [1.54, 1.807) is 13.3 Å². The van der Waals surface area contributed by atoms with E-state index in [0.29, 0.717) is 39.0 Å². The predicted octanol–water partition coefficient (Wildman–Crippen LogP) is 4.76. The lowest BCUT2D eigenvalue weighted by molar-refractivity contribution is -0.142. The Kier molecular flexibility index (Phi) is 6.21. The van der Waals surface area contributed by atoms with Crippen molar-refractivity contribution in [2.24, 2.45) is 5.41 Å². The Labute approximate surface area is 200 Å². The molecule has 2 aliphatic heterocycles. The van der Waals surface area contributed by atoms with Crippen LogP contribution in [0.5, 0.6) is 5.75 Å². The van der Waals surface area contributed by atoms with Crippen LogP contribution in [0.3, 0.4) is 0 Å². The van der Waals surface area contributed by atoms with E-state index < -0.39 is 5.41 Å². The zero-order chi connectivity index (χ0) is 23.5. The third-order valence-electron chi connectivity index (χ3n) is 7.21. The third kappa shape index (κ3) is 4.24. The molecular formula is C28H29N3O3. The van der Waals surface area contributed by atoms with E-state index in [9.17, 15) is 10.1 Å². The normalized spacial score (nSPS) is 19.6. The number of rotatable bonds is 5. The Hall–Kier alpha value is -3.43. The van der Waals surface area contributed by atoms with Crippen molar-refractivity contribution in [1.29, 1.82) is 5.26 Å². The number of piperidine rings is 1. The van der Waals surface area contributed by atoms with E-state index in [-0.39, 0.29) is 12.0 Å². The molecule has 1 amide bonds. The number of aromatic nitrogens is 1. The van der Waals surface area contributed by atoms with Crippen LogP contribution in [0.1, 0.15) is 31.2 Å². The number of likely N-dealkylation sites (tertiary alicyclic amines) is 1. The predicted molar refractivity (Wildman–Crippen MR) is 130 cm³/mol. The molecular weight excluding hydrogens is 426 g/mol. The zero-order valence-corrected chi connectivity index (χ0v) is 19.5. The number of ether oxygens (including phenoxy) is 2. The SMILES string of the molecule is COc1c(-c2ccc(CC3(C#N)CCN(C(=O)C4CCCO4)CC3)cc2)ccc2cccnc12. The fraction of sp³-hybridized carbons (Fsp3) is 0.393. The second-order valence-electron chi connectivity index (χ2n) is 9.31. The topological polar surface area (TPSA) is 75.5 Å². The maximum absolute atomic E-state index is 12.7. The molecule has 2 aliphatic rings. The molecule has 1 aromatic heterocycles. The number of carbonyl (C=O) groups is 1. The van der Waals surface area contributed by atoms with E-state index in [0.717, 1.165) is 46.2 Å². The van der Waals surface area contributed by atoms with Crippen molar-refractivity contribution in [2.75, 3.05) is 26.8 Å². The van der Waals surface area contributed by atoms with Crippen LogP contribution in [0.15, 0.2) is 54.7 Å². The van der Waals surface area contributed by atoms with Crippen molar-refractivity contribution < 1.29 is 14.3 Å². The maximum atomic E-state index is 12.7. The van der Waals surface area contributed by atoms with E-state index in [1.807, 2.05) is 17.0 Å². The molecule has 5 rings (SSSR count). The van der Waals surface area contributed by atoms with Gasteiger partial charge in [0.05, 0.1) is 18.6 Å². The number of nitriles is 1. The number of fused-ring (bicyclic) bond motifs is 1. The first-order chi connectivity index (χ1) is 16.6. The van der Waals surface area contributed by atoms with Gasteiger partial charge in [-0.25, -0.2) is 0 Å². The number of benzene rings is 2. The molecule has 0 bridgehead atoms. The zero-order valence-electron chi connectivity index (χ0n) is 19.5. The molecule has 1 unspecified atom stereocenters. The first-order valence-electron chi connectivity index (χ1n) is 12.0. The van der Waals surface area contributed by atoms with Crippen molar-refractivity contribution >= 4 is 16.8 Å². The van der Waals surface area contributed by atoms with Crippen molar-refractivity contribution in [3.63, 3.8) is 0 Å². The summed E-state index contributed by atoms with van der Waals surface area (Å²) in [5.74, 6) is 0.856. The standard InChI is InChI=1S/C28H29N3O3/c1-33-26-23(11-10-22-4-2-14-30-25(22)26)21-8-6-20(7-9-21)18-28(19-29)12-15-31(16-13-28)27(32)24-5-3-17-34-24/h2,4,6-11,14,24H,3,5,12-13,15-18H2,1H3. The number of nitrogens with zero attached hydrogens (tertiary/aromatic N) is 3. The number of hydrogen-bond donors (Lipinski definition) is 0. The van der Waals surface area contributed by atoms with Crippen molar-refractivity contribution in [1.82, 2.24) is 9.88 Å².